The molecule has 0 saturated carbocycles. The lowest BCUT2D eigenvalue weighted by Crippen LogP contribution is -1.85. The van der Waals surface area contributed by atoms with Gasteiger partial charge in [-0.1, -0.05) is 18.2 Å². The molecule has 0 aliphatic carbocycles. The van der Waals surface area contributed by atoms with Crippen LogP contribution in [-0.4, -0.2) is 12.1 Å². The van der Waals surface area contributed by atoms with Gasteiger partial charge in [-0.2, -0.15) is 0 Å². The van der Waals surface area contributed by atoms with Crippen molar-refractivity contribution in [3.63, 3.8) is 0 Å². The molecule has 76 valence electrons. The van der Waals surface area contributed by atoms with Crippen molar-refractivity contribution >= 4 is 15.9 Å². The molecule has 0 spiro atoms. The molecule has 1 heterocycles. The Morgan fingerprint density at radius 1 is 1.20 bits per heavy atom. The van der Waals surface area contributed by atoms with E-state index in [1.165, 1.54) is 0 Å². The average molecular weight is 264 g/mol. The van der Waals surface area contributed by atoms with Crippen LogP contribution in [0.1, 0.15) is 0 Å². The predicted molar refractivity (Wildman–Crippen MR) is 63.9 cm³/mol. The highest BCUT2D eigenvalue weighted by atomic mass is 79.9. The summed E-state index contributed by atoms with van der Waals surface area (Å²) in [5.41, 5.74) is 2.16. The normalized spacial score (nSPS) is 10.0. The zero-order chi connectivity index (χ0) is 10.7. The van der Waals surface area contributed by atoms with Crippen LogP contribution in [0.25, 0.3) is 11.1 Å². The Hall–Kier alpha value is -1.35. The first-order chi connectivity index (χ1) is 7.31. The van der Waals surface area contributed by atoms with Gasteiger partial charge in [0, 0.05) is 11.8 Å². The van der Waals surface area contributed by atoms with E-state index in [-0.39, 0.29) is 0 Å². The van der Waals surface area contributed by atoms with Crippen molar-refractivity contribution in [1.82, 2.24) is 4.98 Å². The van der Waals surface area contributed by atoms with E-state index in [1.807, 2.05) is 36.4 Å². The Labute approximate surface area is 97.1 Å². The summed E-state index contributed by atoms with van der Waals surface area (Å²) in [6, 6.07) is 11.8. The third-order valence-corrected chi connectivity index (χ3v) is 2.77. The number of methoxy groups -OCH3 is 1. The van der Waals surface area contributed by atoms with E-state index in [0.29, 0.717) is 0 Å². The molecular weight excluding hydrogens is 254 g/mol. The zero-order valence-electron chi connectivity index (χ0n) is 8.27. The third kappa shape index (κ3) is 2.18. The van der Waals surface area contributed by atoms with E-state index in [4.69, 9.17) is 4.74 Å². The quantitative estimate of drug-likeness (QED) is 0.774. The molecule has 1 aromatic heterocycles. The summed E-state index contributed by atoms with van der Waals surface area (Å²) in [4.78, 5) is 4.19. The van der Waals surface area contributed by atoms with Gasteiger partial charge in [-0.3, -0.25) is 0 Å². The SMILES string of the molecule is COc1cccc(-c2cccnc2Br)c1. The van der Waals surface area contributed by atoms with Crippen LogP contribution in [0, 0.1) is 0 Å². The third-order valence-electron chi connectivity index (χ3n) is 2.14. The first-order valence-corrected chi connectivity index (χ1v) is 5.35. The predicted octanol–water partition coefficient (Wildman–Crippen LogP) is 3.52. The molecule has 0 saturated heterocycles. The number of halogens is 1. The van der Waals surface area contributed by atoms with Crippen molar-refractivity contribution in [3.8, 4) is 16.9 Å². The number of rotatable bonds is 2. The number of nitrogens with zero attached hydrogens (tertiary/aromatic N) is 1. The minimum atomic E-state index is 0.846. The molecule has 0 N–H and O–H groups in total. The maximum atomic E-state index is 5.18. The maximum absolute atomic E-state index is 5.18. The van der Waals surface area contributed by atoms with Crippen LogP contribution in [0.5, 0.6) is 5.75 Å². The number of aromatic nitrogens is 1. The fourth-order valence-electron chi connectivity index (χ4n) is 1.39. The van der Waals surface area contributed by atoms with Gasteiger partial charge in [0.15, 0.2) is 0 Å². The number of benzene rings is 1. The molecule has 1 aromatic carbocycles. The smallest absolute Gasteiger partial charge is 0.119 e. The van der Waals surface area contributed by atoms with E-state index in [2.05, 4.69) is 20.9 Å². The molecular formula is C12H10BrNO. The molecule has 2 nitrogen and oxygen atoms in total. The minimum Gasteiger partial charge on any atom is -0.497 e. The molecule has 0 bridgehead atoms. The zero-order valence-corrected chi connectivity index (χ0v) is 9.86. The molecule has 2 rings (SSSR count). The number of pyridine rings is 1. The lowest BCUT2D eigenvalue weighted by molar-refractivity contribution is 0.415. The van der Waals surface area contributed by atoms with Crippen LogP contribution in [0.2, 0.25) is 0 Å². The van der Waals surface area contributed by atoms with Crippen LogP contribution in [0.15, 0.2) is 47.2 Å². The summed E-state index contributed by atoms with van der Waals surface area (Å²) in [5.74, 6) is 0.850. The first kappa shape index (κ1) is 10.2. The van der Waals surface area contributed by atoms with Crippen LogP contribution in [-0.2, 0) is 0 Å². The Kier molecular flexibility index (Phi) is 3.02. The van der Waals surface area contributed by atoms with Gasteiger partial charge in [0.2, 0.25) is 0 Å². The highest BCUT2D eigenvalue weighted by molar-refractivity contribution is 9.10. The van der Waals surface area contributed by atoms with Gasteiger partial charge in [-0.15, -0.1) is 0 Å². The Bertz CT molecular complexity index is 471. The lowest BCUT2D eigenvalue weighted by atomic mass is 10.1. The topological polar surface area (TPSA) is 22.1 Å². The molecule has 0 unspecified atom stereocenters. The lowest BCUT2D eigenvalue weighted by Gasteiger charge is -2.05. The highest BCUT2D eigenvalue weighted by Gasteiger charge is 2.03. The van der Waals surface area contributed by atoms with Crippen molar-refractivity contribution in [2.75, 3.05) is 7.11 Å². The summed E-state index contributed by atoms with van der Waals surface area (Å²) in [7, 11) is 1.66. The Morgan fingerprint density at radius 2 is 2.07 bits per heavy atom. The van der Waals surface area contributed by atoms with Gasteiger partial charge in [0.1, 0.15) is 10.4 Å². The molecule has 15 heavy (non-hydrogen) atoms. The summed E-state index contributed by atoms with van der Waals surface area (Å²) in [5, 5.41) is 0. The van der Waals surface area contributed by atoms with Gasteiger partial charge in [0.25, 0.3) is 0 Å². The van der Waals surface area contributed by atoms with Crippen molar-refractivity contribution in [2.45, 2.75) is 0 Å². The standard InChI is InChI=1S/C12H10BrNO/c1-15-10-5-2-4-9(8-10)11-6-3-7-14-12(11)13/h2-8H,1H3. The minimum absolute atomic E-state index is 0.846. The largest absolute Gasteiger partial charge is 0.497 e. The molecule has 0 aliphatic heterocycles. The Balaban J connectivity index is 2.49. The van der Waals surface area contributed by atoms with Gasteiger partial charge < -0.3 is 4.74 Å². The van der Waals surface area contributed by atoms with Crippen molar-refractivity contribution in [1.29, 1.82) is 0 Å². The van der Waals surface area contributed by atoms with Crippen LogP contribution < -0.4 is 4.74 Å². The number of hydrogen-bond donors (Lipinski definition) is 0. The molecule has 0 radical (unpaired) electrons. The van der Waals surface area contributed by atoms with Gasteiger partial charge in [-0.25, -0.2) is 4.98 Å². The second-order valence-electron chi connectivity index (χ2n) is 3.07. The fraction of sp³-hybridized carbons (Fsp3) is 0.0833. The molecule has 0 aliphatic rings. The second-order valence-corrected chi connectivity index (χ2v) is 3.82. The van der Waals surface area contributed by atoms with E-state index in [1.54, 1.807) is 13.3 Å². The molecule has 2 aromatic rings. The second kappa shape index (κ2) is 4.45. The van der Waals surface area contributed by atoms with Crippen LogP contribution >= 0.6 is 15.9 Å². The summed E-state index contributed by atoms with van der Waals surface area (Å²) < 4.78 is 6.03. The Morgan fingerprint density at radius 3 is 2.80 bits per heavy atom. The van der Waals surface area contributed by atoms with Crippen LogP contribution in [0.4, 0.5) is 0 Å². The van der Waals surface area contributed by atoms with E-state index in [9.17, 15) is 0 Å². The van der Waals surface area contributed by atoms with Crippen LogP contribution in [0.3, 0.4) is 0 Å². The van der Waals surface area contributed by atoms with Gasteiger partial charge >= 0.3 is 0 Å². The van der Waals surface area contributed by atoms with E-state index >= 15 is 0 Å². The monoisotopic (exact) mass is 263 g/mol. The highest BCUT2D eigenvalue weighted by Crippen LogP contribution is 2.28. The number of ether oxygens (including phenoxy) is 1. The molecule has 0 fully saturated rings. The van der Waals surface area contributed by atoms with Crippen molar-refractivity contribution in [2.24, 2.45) is 0 Å². The molecule has 3 heteroatoms. The van der Waals surface area contributed by atoms with Crippen molar-refractivity contribution < 1.29 is 4.74 Å². The van der Waals surface area contributed by atoms with E-state index in [0.717, 1.165) is 21.5 Å². The summed E-state index contributed by atoms with van der Waals surface area (Å²) in [6.45, 7) is 0. The molecule has 0 amide bonds. The van der Waals surface area contributed by atoms with Gasteiger partial charge in [0.05, 0.1) is 7.11 Å². The summed E-state index contributed by atoms with van der Waals surface area (Å²) in [6.07, 6.45) is 1.76. The molecule has 0 atom stereocenters. The van der Waals surface area contributed by atoms with E-state index < -0.39 is 0 Å². The fourth-order valence-corrected chi connectivity index (χ4v) is 1.87. The van der Waals surface area contributed by atoms with Crippen molar-refractivity contribution in [3.05, 3.63) is 47.2 Å². The summed E-state index contributed by atoms with van der Waals surface area (Å²) >= 11 is 3.43. The van der Waals surface area contributed by atoms with Gasteiger partial charge in [-0.05, 0) is 39.7 Å². The number of hydrogen-bond acceptors (Lipinski definition) is 2. The first-order valence-electron chi connectivity index (χ1n) is 4.56. The average Bonchev–Trinajstić information content (AvgIpc) is 2.30. The maximum Gasteiger partial charge on any atom is 0.119 e.